The van der Waals surface area contributed by atoms with Gasteiger partial charge in [0.05, 0.1) is 9.82 Å². The molecule has 0 aliphatic heterocycles. The summed E-state index contributed by atoms with van der Waals surface area (Å²) < 4.78 is 22.6. The van der Waals surface area contributed by atoms with E-state index in [-0.39, 0.29) is 11.6 Å². The van der Waals surface area contributed by atoms with Crippen molar-refractivity contribution in [3.05, 3.63) is 33.9 Å². The topological polar surface area (TPSA) is 132 Å². The molecular weight excluding hydrogens is 286 g/mol. The van der Waals surface area contributed by atoms with Crippen LogP contribution in [0.4, 0.5) is 5.69 Å². The van der Waals surface area contributed by atoms with Gasteiger partial charge in [-0.3, -0.25) is 14.9 Å². The third-order valence-electron chi connectivity index (χ3n) is 2.68. The Hall–Kier alpha value is -2.00. The number of nitro groups is 1. The second-order valence-corrected chi connectivity index (χ2v) is 5.86. The van der Waals surface area contributed by atoms with Gasteiger partial charge in [-0.25, -0.2) is 13.6 Å². The Labute approximate surface area is 116 Å². The zero-order chi connectivity index (χ0) is 15.5. The number of nitro benzene ring substituents is 1. The molecule has 0 saturated carbocycles. The Kier molecular flexibility index (Phi) is 4.79. The van der Waals surface area contributed by atoms with Crippen LogP contribution in [0.1, 0.15) is 30.6 Å². The van der Waals surface area contributed by atoms with Gasteiger partial charge in [0.25, 0.3) is 11.6 Å². The number of sulfonamides is 1. The molecule has 1 rings (SSSR count). The van der Waals surface area contributed by atoms with Gasteiger partial charge in [-0.05, 0) is 19.4 Å². The SMILES string of the molecule is CCC(C)NC(=O)c1cc([N+](=O)[O-])cc(S(N)(=O)=O)c1. The molecule has 0 spiro atoms. The molecule has 0 saturated heterocycles. The van der Waals surface area contributed by atoms with Crippen LogP contribution in [0.3, 0.4) is 0 Å². The highest BCUT2D eigenvalue weighted by Crippen LogP contribution is 2.20. The van der Waals surface area contributed by atoms with E-state index in [2.05, 4.69) is 5.32 Å². The van der Waals surface area contributed by atoms with Crippen molar-refractivity contribution in [2.75, 3.05) is 0 Å². The fourth-order valence-corrected chi connectivity index (χ4v) is 1.97. The quantitative estimate of drug-likeness (QED) is 0.612. The van der Waals surface area contributed by atoms with Crippen LogP contribution in [0.2, 0.25) is 0 Å². The molecule has 1 atom stereocenters. The van der Waals surface area contributed by atoms with Crippen LogP contribution in [0.25, 0.3) is 0 Å². The lowest BCUT2D eigenvalue weighted by molar-refractivity contribution is -0.385. The van der Waals surface area contributed by atoms with Crippen molar-refractivity contribution in [1.82, 2.24) is 5.32 Å². The minimum Gasteiger partial charge on any atom is -0.350 e. The number of carbonyl (C=O) groups excluding carboxylic acids is 1. The normalized spacial score (nSPS) is 12.8. The molecule has 1 unspecified atom stereocenters. The predicted molar refractivity (Wildman–Crippen MR) is 71.7 cm³/mol. The summed E-state index contributed by atoms with van der Waals surface area (Å²) in [5.74, 6) is -0.590. The number of nitrogens with one attached hydrogen (secondary N) is 1. The Morgan fingerprint density at radius 2 is 2.05 bits per heavy atom. The van der Waals surface area contributed by atoms with Crippen LogP contribution < -0.4 is 10.5 Å². The minimum absolute atomic E-state index is 0.122. The van der Waals surface area contributed by atoms with Crippen molar-refractivity contribution in [2.45, 2.75) is 31.2 Å². The highest BCUT2D eigenvalue weighted by atomic mass is 32.2. The van der Waals surface area contributed by atoms with Crippen LogP contribution in [-0.2, 0) is 10.0 Å². The minimum atomic E-state index is -4.13. The first-order chi connectivity index (χ1) is 9.15. The molecule has 0 heterocycles. The lowest BCUT2D eigenvalue weighted by Crippen LogP contribution is -2.32. The van der Waals surface area contributed by atoms with Crippen LogP contribution in [-0.4, -0.2) is 25.3 Å². The first-order valence-corrected chi connectivity index (χ1v) is 7.33. The smallest absolute Gasteiger partial charge is 0.271 e. The molecule has 110 valence electrons. The Morgan fingerprint density at radius 1 is 1.45 bits per heavy atom. The van der Waals surface area contributed by atoms with Crippen molar-refractivity contribution in [3.63, 3.8) is 0 Å². The van der Waals surface area contributed by atoms with E-state index in [4.69, 9.17) is 5.14 Å². The van der Waals surface area contributed by atoms with E-state index >= 15 is 0 Å². The highest BCUT2D eigenvalue weighted by molar-refractivity contribution is 7.89. The number of nitrogens with two attached hydrogens (primary N) is 1. The average molecular weight is 301 g/mol. The molecular formula is C11H15N3O5S. The number of amides is 1. The summed E-state index contributed by atoms with van der Waals surface area (Å²) in [6, 6.07) is 2.70. The molecule has 8 nitrogen and oxygen atoms in total. The van der Waals surface area contributed by atoms with E-state index < -0.39 is 31.4 Å². The molecule has 3 N–H and O–H groups in total. The lowest BCUT2D eigenvalue weighted by atomic mass is 10.1. The van der Waals surface area contributed by atoms with Crippen molar-refractivity contribution < 1.29 is 18.1 Å². The van der Waals surface area contributed by atoms with Gasteiger partial charge in [0.15, 0.2) is 0 Å². The Bertz CT molecular complexity index is 641. The number of benzene rings is 1. The van der Waals surface area contributed by atoms with Crippen molar-refractivity contribution >= 4 is 21.6 Å². The molecule has 0 aliphatic rings. The predicted octanol–water partition coefficient (Wildman–Crippen LogP) is 0.771. The number of non-ortho nitro benzene ring substituents is 1. The van der Waals surface area contributed by atoms with E-state index in [1.54, 1.807) is 6.92 Å². The molecule has 0 radical (unpaired) electrons. The first kappa shape index (κ1) is 16.1. The Morgan fingerprint density at radius 3 is 2.50 bits per heavy atom. The summed E-state index contributed by atoms with van der Waals surface area (Å²) in [5, 5.41) is 18.3. The van der Waals surface area contributed by atoms with Gasteiger partial charge in [-0.2, -0.15) is 0 Å². The molecule has 0 fully saturated rings. The number of hydrogen-bond acceptors (Lipinski definition) is 5. The number of rotatable bonds is 5. The van der Waals surface area contributed by atoms with Gasteiger partial charge in [0, 0.05) is 23.7 Å². The maximum Gasteiger partial charge on any atom is 0.271 e. The van der Waals surface area contributed by atoms with Gasteiger partial charge in [0.1, 0.15) is 0 Å². The fourth-order valence-electron chi connectivity index (χ4n) is 1.39. The molecule has 0 aliphatic carbocycles. The summed E-state index contributed by atoms with van der Waals surface area (Å²) in [6.07, 6.45) is 0.669. The summed E-state index contributed by atoms with van der Waals surface area (Å²) in [7, 11) is -4.13. The van der Waals surface area contributed by atoms with E-state index in [0.717, 1.165) is 18.2 Å². The fraction of sp³-hybridized carbons (Fsp3) is 0.364. The molecule has 0 aromatic heterocycles. The van der Waals surface area contributed by atoms with Crippen molar-refractivity contribution in [1.29, 1.82) is 0 Å². The van der Waals surface area contributed by atoms with Gasteiger partial charge in [-0.15, -0.1) is 0 Å². The van der Waals surface area contributed by atoms with Crippen LogP contribution in [0, 0.1) is 10.1 Å². The highest BCUT2D eigenvalue weighted by Gasteiger charge is 2.19. The third-order valence-corrected chi connectivity index (χ3v) is 3.58. The Balaban J connectivity index is 3.29. The van der Waals surface area contributed by atoms with Gasteiger partial charge in [0.2, 0.25) is 10.0 Å². The second-order valence-electron chi connectivity index (χ2n) is 4.30. The van der Waals surface area contributed by atoms with E-state index in [1.807, 2.05) is 6.92 Å². The van der Waals surface area contributed by atoms with E-state index in [9.17, 15) is 23.3 Å². The van der Waals surface area contributed by atoms with Crippen LogP contribution in [0.15, 0.2) is 23.1 Å². The van der Waals surface area contributed by atoms with Crippen molar-refractivity contribution in [2.24, 2.45) is 5.14 Å². The maximum absolute atomic E-state index is 11.9. The zero-order valence-electron chi connectivity index (χ0n) is 11.0. The lowest BCUT2D eigenvalue weighted by Gasteiger charge is -2.11. The number of hydrogen-bond donors (Lipinski definition) is 2. The van der Waals surface area contributed by atoms with E-state index in [0.29, 0.717) is 6.42 Å². The number of primary sulfonamides is 1. The summed E-state index contributed by atoms with van der Waals surface area (Å²) >= 11 is 0. The average Bonchev–Trinajstić information content (AvgIpc) is 2.36. The molecule has 9 heteroatoms. The van der Waals surface area contributed by atoms with Gasteiger partial charge < -0.3 is 5.32 Å². The zero-order valence-corrected chi connectivity index (χ0v) is 11.8. The molecule has 0 bridgehead atoms. The maximum atomic E-state index is 11.9. The van der Waals surface area contributed by atoms with Crippen molar-refractivity contribution in [3.8, 4) is 0 Å². The van der Waals surface area contributed by atoms with Crippen LogP contribution in [0.5, 0.6) is 0 Å². The summed E-state index contributed by atoms with van der Waals surface area (Å²) in [6.45, 7) is 3.62. The molecule has 1 aromatic rings. The second kappa shape index (κ2) is 5.97. The molecule has 1 aromatic carbocycles. The third kappa shape index (κ3) is 4.00. The number of carbonyl (C=O) groups is 1. The van der Waals surface area contributed by atoms with Gasteiger partial charge in [-0.1, -0.05) is 6.92 Å². The van der Waals surface area contributed by atoms with E-state index in [1.165, 1.54) is 0 Å². The van der Waals surface area contributed by atoms with Gasteiger partial charge >= 0.3 is 0 Å². The monoisotopic (exact) mass is 301 g/mol. The number of nitrogens with zero attached hydrogens (tertiary/aromatic N) is 1. The summed E-state index contributed by atoms with van der Waals surface area (Å²) in [4.78, 5) is 21.4. The first-order valence-electron chi connectivity index (χ1n) is 5.78. The standard InChI is InChI=1S/C11H15N3O5S/c1-3-7(2)13-11(15)8-4-9(14(16)17)6-10(5-8)20(12,18)19/h4-7H,3H2,1-2H3,(H,13,15)(H2,12,18,19). The molecule has 1 amide bonds. The summed E-state index contributed by atoms with van der Waals surface area (Å²) in [5.41, 5.74) is -0.630. The molecule has 20 heavy (non-hydrogen) atoms. The largest absolute Gasteiger partial charge is 0.350 e. The van der Waals surface area contributed by atoms with Crippen LogP contribution >= 0.6 is 0 Å².